The standard InChI is InChI=1S/C13H21ClN4/c1-12(2)9(13(12,3)4)7-16-10-8(14)6-17-11(15-5)18-10/h6,9H,7H2,1-5H3,(H2,15,16,17,18). The lowest BCUT2D eigenvalue weighted by molar-refractivity contribution is 0.457. The van der Waals surface area contributed by atoms with Gasteiger partial charge in [-0.2, -0.15) is 4.98 Å². The largest absolute Gasteiger partial charge is 0.368 e. The average molecular weight is 269 g/mol. The summed E-state index contributed by atoms with van der Waals surface area (Å²) in [6.07, 6.45) is 1.62. The number of hydrogen-bond donors (Lipinski definition) is 2. The molecule has 1 saturated carbocycles. The Morgan fingerprint density at radius 2 is 1.89 bits per heavy atom. The van der Waals surface area contributed by atoms with Crippen molar-refractivity contribution in [3.05, 3.63) is 11.2 Å². The topological polar surface area (TPSA) is 49.8 Å². The highest BCUT2D eigenvalue weighted by Gasteiger charge is 2.64. The zero-order valence-electron chi connectivity index (χ0n) is 11.6. The first-order valence-electron chi connectivity index (χ1n) is 6.25. The van der Waals surface area contributed by atoms with Crippen molar-refractivity contribution in [1.29, 1.82) is 0 Å². The zero-order chi connectivity index (χ0) is 13.6. The van der Waals surface area contributed by atoms with Crippen LogP contribution in [0.25, 0.3) is 0 Å². The van der Waals surface area contributed by atoms with Crippen LogP contribution in [0, 0.1) is 16.7 Å². The quantitative estimate of drug-likeness (QED) is 0.880. The summed E-state index contributed by atoms with van der Waals surface area (Å²) >= 11 is 6.08. The van der Waals surface area contributed by atoms with Crippen LogP contribution in [0.1, 0.15) is 27.7 Å². The summed E-state index contributed by atoms with van der Waals surface area (Å²) in [5.74, 6) is 1.92. The highest BCUT2D eigenvalue weighted by Crippen LogP contribution is 2.68. The van der Waals surface area contributed by atoms with E-state index in [0.29, 0.717) is 33.5 Å². The van der Waals surface area contributed by atoms with Gasteiger partial charge in [-0.25, -0.2) is 4.98 Å². The Hall–Kier alpha value is -1.03. The monoisotopic (exact) mass is 268 g/mol. The molecule has 4 nitrogen and oxygen atoms in total. The van der Waals surface area contributed by atoms with E-state index in [2.05, 4.69) is 48.3 Å². The SMILES string of the molecule is CNc1ncc(Cl)c(NCC2C(C)(C)C2(C)C)n1. The number of nitrogens with one attached hydrogen (secondary N) is 2. The van der Waals surface area contributed by atoms with Crippen molar-refractivity contribution in [2.24, 2.45) is 16.7 Å². The smallest absolute Gasteiger partial charge is 0.224 e. The van der Waals surface area contributed by atoms with Gasteiger partial charge in [0.1, 0.15) is 10.8 Å². The van der Waals surface area contributed by atoms with Crippen molar-refractivity contribution < 1.29 is 0 Å². The molecular formula is C13H21ClN4. The van der Waals surface area contributed by atoms with E-state index in [-0.39, 0.29) is 0 Å². The minimum atomic E-state index is 0.366. The van der Waals surface area contributed by atoms with Crippen LogP contribution in [0.3, 0.4) is 0 Å². The number of hydrogen-bond acceptors (Lipinski definition) is 4. The van der Waals surface area contributed by atoms with Crippen LogP contribution in [0.4, 0.5) is 11.8 Å². The van der Waals surface area contributed by atoms with E-state index in [4.69, 9.17) is 11.6 Å². The maximum Gasteiger partial charge on any atom is 0.224 e. The van der Waals surface area contributed by atoms with E-state index in [1.807, 2.05) is 0 Å². The van der Waals surface area contributed by atoms with Crippen LogP contribution in [0.2, 0.25) is 5.02 Å². The molecule has 0 bridgehead atoms. The predicted molar refractivity (Wildman–Crippen MR) is 76.1 cm³/mol. The molecule has 1 aliphatic carbocycles. The molecule has 0 spiro atoms. The summed E-state index contributed by atoms with van der Waals surface area (Å²) < 4.78 is 0. The predicted octanol–water partition coefficient (Wildman–Crippen LogP) is 3.27. The Bertz CT molecular complexity index is 442. The summed E-state index contributed by atoms with van der Waals surface area (Å²) in [5.41, 5.74) is 0.733. The van der Waals surface area contributed by atoms with E-state index in [1.54, 1.807) is 13.2 Å². The normalized spacial score (nSPS) is 20.6. The molecule has 100 valence electrons. The van der Waals surface area contributed by atoms with E-state index < -0.39 is 0 Å². The van der Waals surface area contributed by atoms with Gasteiger partial charge in [0.05, 0.1) is 6.20 Å². The van der Waals surface area contributed by atoms with Crippen molar-refractivity contribution in [3.8, 4) is 0 Å². The highest BCUT2D eigenvalue weighted by atomic mass is 35.5. The fourth-order valence-corrected chi connectivity index (χ4v) is 2.81. The molecule has 1 heterocycles. The van der Waals surface area contributed by atoms with Crippen molar-refractivity contribution in [2.45, 2.75) is 27.7 Å². The summed E-state index contributed by atoms with van der Waals surface area (Å²) in [6.45, 7) is 10.1. The molecule has 18 heavy (non-hydrogen) atoms. The van der Waals surface area contributed by atoms with Gasteiger partial charge in [-0.3, -0.25) is 0 Å². The summed E-state index contributed by atoms with van der Waals surface area (Å²) in [4.78, 5) is 8.38. The lowest BCUT2D eigenvalue weighted by Crippen LogP contribution is -2.11. The van der Waals surface area contributed by atoms with Crippen molar-refractivity contribution >= 4 is 23.4 Å². The fourth-order valence-electron chi connectivity index (χ4n) is 2.65. The Morgan fingerprint density at radius 3 is 2.39 bits per heavy atom. The summed E-state index contributed by atoms with van der Waals surface area (Å²) in [5, 5.41) is 6.81. The first-order chi connectivity index (χ1) is 8.30. The van der Waals surface area contributed by atoms with Gasteiger partial charge in [0, 0.05) is 13.6 Å². The van der Waals surface area contributed by atoms with Crippen LogP contribution in [-0.2, 0) is 0 Å². The Labute approximate surface area is 114 Å². The molecule has 1 aliphatic rings. The van der Waals surface area contributed by atoms with Crippen LogP contribution >= 0.6 is 11.6 Å². The molecule has 1 aromatic rings. The molecule has 0 radical (unpaired) electrons. The molecule has 2 N–H and O–H groups in total. The minimum Gasteiger partial charge on any atom is -0.368 e. The van der Waals surface area contributed by atoms with E-state index >= 15 is 0 Å². The van der Waals surface area contributed by atoms with E-state index in [1.165, 1.54) is 0 Å². The van der Waals surface area contributed by atoms with Gasteiger partial charge in [0.15, 0.2) is 0 Å². The van der Waals surface area contributed by atoms with Gasteiger partial charge in [0.2, 0.25) is 5.95 Å². The molecule has 0 aliphatic heterocycles. The third-order valence-electron chi connectivity index (χ3n) is 4.76. The third kappa shape index (κ3) is 2.03. The molecule has 5 heteroatoms. The number of halogens is 1. The van der Waals surface area contributed by atoms with Gasteiger partial charge in [0.25, 0.3) is 0 Å². The molecule has 0 aromatic carbocycles. The Balaban J connectivity index is 2.04. The highest BCUT2D eigenvalue weighted by molar-refractivity contribution is 6.32. The van der Waals surface area contributed by atoms with Crippen molar-refractivity contribution in [3.63, 3.8) is 0 Å². The maximum atomic E-state index is 6.08. The second kappa shape index (κ2) is 4.26. The molecule has 1 fully saturated rings. The lowest BCUT2D eigenvalue weighted by atomic mass is 10.0. The number of aromatic nitrogens is 2. The maximum absolute atomic E-state index is 6.08. The van der Waals surface area contributed by atoms with Crippen LogP contribution in [0.5, 0.6) is 0 Å². The second-order valence-electron chi connectivity index (χ2n) is 6.02. The Morgan fingerprint density at radius 1 is 1.28 bits per heavy atom. The summed E-state index contributed by atoms with van der Waals surface area (Å²) in [6, 6.07) is 0. The molecule has 2 rings (SSSR count). The average Bonchev–Trinajstić information content (AvgIpc) is 2.69. The molecule has 0 amide bonds. The minimum absolute atomic E-state index is 0.366. The third-order valence-corrected chi connectivity index (χ3v) is 5.04. The molecular weight excluding hydrogens is 248 g/mol. The van der Waals surface area contributed by atoms with Crippen molar-refractivity contribution in [2.75, 3.05) is 24.2 Å². The molecule has 0 unspecified atom stereocenters. The summed E-state index contributed by atoms with van der Waals surface area (Å²) in [7, 11) is 1.79. The fraction of sp³-hybridized carbons (Fsp3) is 0.692. The number of rotatable bonds is 4. The number of nitrogens with zero attached hydrogens (tertiary/aromatic N) is 2. The lowest BCUT2D eigenvalue weighted by Gasteiger charge is -2.09. The van der Waals surface area contributed by atoms with Gasteiger partial charge < -0.3 is 10.6 Å². The molecule has 0 atom stereocenters. The van der Waals surface area contributed by atoms with E-state index in [0.717, 1.165) is 6.54 Å². The van der Waals surface area contributed by atoms with Gasteiger partial charge in [-0.05, 0) is 16.7 Å². The van der Waals surface area contributed by atoms with Crippen molar-refractivity contribution in [1.82, 2.24) is 9.97 Å². The first kappa shape index (κ1) is 13.4. The second-order valence-corrected chi connectivity index (χ2v) is 6.42. The van der Waals surface area contributed by atoms with E-state index in [9.17, 15) is 0 Å². The van der Waals surface area contributed by atoms with Gasteiger partial charge >= 0.3 is 0 Å². The van der Waals surface area contributed by atoms with Gasteiger partial charge in [-0.15, -0.1) is 0 Å². The molecule has 1 aromatic heterocycles. The van der Waals surface area contributed by atoms with Crippen LogP contribution < -0.4 is 10.6 Å². The molecule has 0 saturated heterocycles. The Kier molecular flexibility index (Phi) is 3.18. The van der Waals surface area contributed by atoms with Gasteiger partial charge in [-0.1, -0.05) is 39.3 Å². The first-order valence-corrected chi connectivity index (χ1v) is 6.62. The number of anilines is 2. The van der Waals surface area contributed by atoms with Crippen LogP contribution in [0.15, 0.2) is 6.20 Å². The zero-order valence-corrected chi connectivity index (χ0v) is 12.4. The van der Waals surface area contributed by atoms with Crippen LogP contribution in [-0.4, -0.2) is 23.6 Å².